The lowest BCUT2D eigenvalue weighted by molar-refractivity contribution is -0.384. The van der Waals surface area contributed by atoms with Crippen LogP contribution in [0.5, 0.6) is 23.0 Å². The summed E-state index contributed by atoms with van der Waals surface area (Å²) in [7, 11) is 0. The van der Waals surface area contributed by atoms with Gasteiger partial charge in [0.15, 0.2) is 0 Å². The molecule has 0 aliphatic rings. The molecule has 1 heterocycles. The summed E-state index contributed by atoms with van der Waals surface area (Å²) in [6, 6.07) is 6.30. The summed E-state index contributed by atoms with van der Waals surface area (Å²) in [5.74, 6) is -1.89. The highest BCUT2D eigenvalue weighted by Crippen LogP contribution is 2.31. The molecule has 1 amide bonds. The summed E-state index contributed by atoms with van der Waals surface area (Å²) in [5.41, 5.74) is -1.73. The van der Waals surface area contributed by atoms with E-state index in [0.29, 0.717) is 6.42 Å². The van der Waals surface area contributed by atoms with Gasteiger partial charge in [-0.05, 0) is 38.8 Å². The number of benzene rings is 2. The Kier molecular flexibility index (Phi) is 8.24. The molecule has 0 bridgehead atoms. The van der Waals surface area contributed by atoms with Crippen molar-refractivity contribution in [3.8, 4) is 23.0 Å². The van der Waals surface area contributed by atoms with Crippen molar-refractivity contribution in [2.45, 2.75) is 52.7 Å². The molecule has 3 rings (SSSR count). The van der Waals surface area contributed by atoms with Crippen molar-refractivity contribution in [3.05, 3.63) is 63.0 Å². The maximum atomic E-state index is 12.9. The van der Waals surface area contributed by atoms with Crippen LogP contribution in [0.4, 0.5) is 10.5 Å². The van der Waals surface area contributed by atoms with E-state index in [1.165, 1.54) is 30.3 Å². The number of hydrogen-bond donors (Lipinski definition) is 2. The van der Waals surface area contributed by atoms with E-state index in [0.717, 1.165) is 12.3 Å². The standard InChI is InChI=1S/C26H28N2O10/c1-6-14(2)22(27-25(32)38-26(3,4)5)24(31)37-17-11-18(29)21-19(12-17)35-13-20(23(21)30)36-16-9-7-15(8-10-16)28(33)34/h7-14,22,29H,6H2,1-5H3,(H,27,32)/t14-,22-/m0/s1. The van der Waals surface area contributed by atoms with Gasteiger partial charge in [0, 0.05) is 24.3 Å². The number of amides is 1. The molecule has 12 heteroatoms. The topological polar surface area (TPSA) is 167 Å². The van der Waals surface area contributed by atoms with E-state index in [-0.39, 0.29) is 39.8 Å². The van der Waals surface area contributed by atoms with Gasteiger partial charge in [-0.25, -0.2) is 9.59 Å². The number of nitrogens with one attached hydrogen (secondary N) is 1. The number of phenols is 1. The number of nitro benzene ring substituents is 1. The van der Waals surface area contributed by atoms with Crippen molar-refractivity contribution >= 4 is 28.7 Å². The predicted octanol–water partition coefficient (Wildman–Crippen LogP) is 5.04. The Bertz CT molecular complexity index is 1410. The van der Waals surface area contributed by atoms with E-state index < -0.39 is 39.8 Å². The molecule has 202 valence electrons. The molecule has 0 aliphatic carbocycles. The normalized spacial score (nSPS) is 12.9. The van der Waals surface area contributed by atoms with Crippen molar-refractivity contribution in [3.63, 3.8) is 0 Å². The average Bonchev–Trinajstić information content (AvgIpc) is 2.82. The lowest BCUT2D eigenvalue weighted by Gasteiger charge is -2.25. The first-order valence-electron chi connectivity index (χ1n) is 11.7. The number of rotatable bonds is 8. The molecule has 2 aromatic carbocycles. The summed E-state index contributed by atoms with van der Waals surface area (Å²) < 4.78 is 21.5. The van der Waals surface area contributed by atoms with E-state index in [9.17, 15) is 29.6 Å². The highest BCUT2D eigenvalue weighted by atomic mass is 16.6. The molecule has 2 atom stereocenters. The van der Waals surface area contributed by atoms with Crippen LogP contribution in [0.15, 0.2) is 51.9 Å². The Morgan fingerprint density at radius 3 is 2.39 bits per heavy atom. The van der Waals surface area contributed by atoms with Crippen LogP contribution in [0.2, 0.25) is 0 Å². The van der Waals surface area contributed by atoms with Crippen molar-refractivity contribution in [2.75, 3.05) is 0 Å². The van der Waals surface area contributed by atoms with E-state index in [2.05, 4.69) is 5.32 Å². The Morgan fingerprint density at radius 1 is 1.16 bits per heavy atom. The first kappa shape index (κ1) is 28.0. The van der Waals surface area contributed by atoms with Gasteiger partial charge < -0.3 is 29.1 Å². The average molecular weight is 529 g/mol. The third-order valence-corrected chi connectivity index (χ3v) is 5.43. The quantitative estimate of drug-likeness (QED) is 0.175. The fraction of sp³-hybridized carbons (Fsp3) is 0.346. The molecule has 0 saturated carbocycles. The fourth-order valence-corrected chi connectivity index (χ4v) is 3.37. The molecule has 0 spiro atoms. The Morgan fingerprint density at radius 2 is 1.82 bits per heavy atom. The van der Waals surface area contributed by atoms with Gasteiger partial charge >= 0.3 is 12.1 Å². The highest BCUT2D eigenvalue weighted by Gasteiger charge is 2.30. The maximum Gasteiger partial charge on any atom is 0.408 e. The Balaban J connectivity index is 1.84. The number of carbonyl (C=O) groups excluding carboxylic acids is 2. The van der Waals surface area contributed by atoms with Gasteiger partial charge in [0.05, 0.1) is 4.92 Å². The number of alkyl carbamates (subject to hydrolysis) is 1. The molecule has 0 saturated heterocycles. The summed E-state index contributed by atoms with van der Waals surface area (Å²) in [6.45, 7) is 8.67. The summed E-state index contributed by atoms with van der Waals surface area (Å²) in [5, 5.41) is 23.6. The highest BCUT2D eigenvalue weighted by molar-refractivity contribution is 5.88. The van der Waals surface area contributed by atoms with Crippen LogP contribution >= 0.6 is 0 Å². The predicted molar refractivity (Wildman–Crippen MR) is 136 cm³/mol. The molecule has 1 aromatic heterocycles. The number of ether oxygens (including phenoxy) is 3. The molecule has 38 heavy (non-hydrogen) atoms. The van der Waals surface area contributed by atoms with E-state index in [1.807, 2.05) is 6.92 Å². The van der Waals surface area contributed by atoms with Crippen LogP contribution in [0.25, 0.3) is 11.0 Å². The number of esters is 1. The number of phenolic OH excluding ortho intramolecular Hbond substituents is 1. The number of non-ortho nitro benzene ring substituents is 1. The number of aromatic hydroxyl groups is 1. The zero-order valence-electron chi connectivity index (χ0n) is 21.5. The second kappa shape index (κ2) is 11.2. The Hall–Kier alpha value is -4.61. The van der Waals surface area contributed by atoms with Gasteiger partial charge in [0.1, 0.15) is 46.1 Å². The molecule has 0 fully saturated rings. The number of carbonyl (C=O) groups is 2. The number of fused-ring (bicyclic) bond motifs is 1. The molecule has 0 unspecified atom stereocenters. The molecule has 0 radical (unpaired) electrons. The lowest BCUT2D eigenvalue weighted by atomic mass is 9.99. The third kappa shape index (κ3) is 6.78. The monoisotopic (exact) mass is 528 g/mol. The first-order valence-corrected chi connectivity index (χ1v) is 11.7. The minimum atomic E-state index is -1.04. The fourth-order valence-electron chi connectivity index (χ4n) is 3.37. The van der Waals surface area contributed by atoms with Gasteiger partial charge in [-0.1, -0.05) is 20.3 Å². The van der Waals surface area contributed by atoms with E-state index in [4.69, 9.17) is 18.6 Å². The molecular formula is C26H28N2O10. The minimum absolute atomic E-state index is 0.0889. The SMILES string of the molecule is CC[C@H](C)[C@H](NC(=O)OC(C)(C)C)C(=O)Oc1cc(O)c2c(=O)c(Oc3ccc([N+](=O)[O-])cc3)coc2c1. The zero-order chi connectivity index (χ0) is 28.2. The minimum Gasteiger partial charge on any atom is -0.507 e. The van der Waals surface area contributed by atoms with E-state index in [1.54, 1.807) is 27.7 Å². The van der Waals surface area contributed by atoms with Gasteiger partial charge in [0.2, 0.25) is 11.2 Å². The lowest BCUT2D eigenvalue weighted by Crippen LogP contribution is -2.48. The first-order chi connectivity index (χ1) is 17.8. The summed E-state index contributed by atoms with van der Waals surface area (Å²) in [6.07, 6.45) is 0.765. The molecule has 0 aliphatic heterocycles. The number of nitro groups is 1. The number of nitrogens with zero attached hydrogens (tertiary/aromatic N) is 1. The van der Waals surface area contributed by atoms with Crippen LogP contribution in [-0.2, 0) is 9.53 Å². The number of hydrogen-bond acceptors (Lipinski definition) is 10. The largest absolute Gasteiger partial charge is 0.507 e. The summed E-state index contributed by atoms with van der Waals surface area (Å²) >= 11 is 0. The van der Waals surface area contributed by atoms with Gasteiger partial charge in [0.25, 0.3) is 5.69 Å². The molecule has 2 N–H and O–H groups in total. The van der Waals surface area contributed by atoms with Gasteiger partial charge in [-0.3, -0.25) is 14.9 Å². The van der Waals surface area contributed by atoms with Gasteiger partial charge in [-0.2, -0.15) is 0 Å². The van der Waals surface area contributed by atoms with Crippen molar-refractivity contribution in [1.82, 2.24) is 5.32 Å². The molecular weight excluding hydrogens is 500 g/mol. The van der Waals surface area contributed by atoms with Crippen LogP contribution in [-0.4, -0.2) is 33.7 Å². The zero-order valence-corrected chi connectivity index (χ0v) is 21.5. The molecule has 12 nitrogen and oxygen atoms in total. The second-order valence-corrected chi connectivity index (χ2v) is 9.53. The van der Waals surface area contributed by atoms with Crippen LogP contribution in [0, 0.1) is 16.0 Å². The smallest absolute Gasteiger partial charge is 0.408 e. The van der Waals surface area contributed by atoms with Crippen molar-refractivity contribution < 1.29 is 38.2 Å². The van der Waals surface area contributed by atoms with Crippen LogP contribution < -0.4 is 20.2 Å². The maximum absolute atomic E-state index is 12.9. The third-order valence-electron chi connectivity index (χ3n) is 5.43. The second-order valence-electron chi connectivity index (χ2n) is 9.53. The van der Waals surface area contributed by atoms with Gasteiger partial charge in [-0.15, -0.1) is 0 Å². The van der Waals surface area contributed by atoms with Crippen LogP contribution in [0.3, 0.4) is 0 Å². The Labute approximate surface area is 217 Å². The molecule has 3 aromatic rings. The summed E-state index contributed by atoms with van der Waals surface area (Å²) in [4.78, 5) is 48.3. The van der Waals surface area contributed by atoms with Crippen molar-refractivity contribution in [1.29, 1.82) is 0 Å². The van der Waals surface area contributed by atoms with Crippen molar-refractivity contribution in [2.24, 2.45) is 5.92 Å². The van der Waals surface area contributed by atoms with Crippen LogP contribution in [0.1, 0.15) is 41.0 Å². The van der Waals surface area contributed by atoms with E-state index >= 15 is 0 Å².